The molecule has 3 rings (SSSR count). The monoisotopic (exact) mass is 1490 g/mol. The molecule has 2 aliphatic heterocycles. The molecule has 11 N–H and O–H groups in total. The zero-order valence-corrected chi connectivity index (χ0v) is 64.3. The maximum Gasteiger partial charge on any atom is 0.472 e. The van der Waals surface area contributed by atoms with Gasteiger partial charge >= 0.3 is 25.7 Å². The van der Waals surface area contributed by atoms with Crippen LogP contribution in [0.2, 0.25) is 0 Å². The Labute approximate surface area is 617 Å². The number of carbonyl (C=O) groups excluding carboxylic acids is 3. The topological polar surface area (TPSA) is 374 Å². The molecule has 1 saturated carbocycles. The number of allylic oxidation sites excluding steroid dienone is 3. The molecule has 18 atom stereocenters. The van der Waals surface area contributed by atoms with Crippen LogP contribution in [0.15, 0.2) is 24.3 Å². The Morgan fingerprint density at radius 2 is 0.738 bits per heavy atom. The second kappa shape index (κ2) is 59.3. The molecule has 0 spiro atoms. The third-order valence-corrected chi connectivity index (χ3v) is 21.1. The molecule has 3 aliphatic rings. The number of unbranched alkanes of at least 4 members (excludes halogenated alkanes) is 42. The standard InChI is InChI=1S/C78H143O24P/c1-4-7-10-13-16-19-22-25-28-30-33-35-37-40-43-46-49-52-62(80)94-56-59(97-64(82)54-51-48-45-42-39-36-31-27-24-21-18-15-12-9-6-3)57-96-103(92,93)102-76-74(100-77-72(90)67(85)65(83)60(55-79)98-77)70(88)69(87)71(89)75(76)101-78-73(91)68(86)66(84)61(99-78)58-95-63(81)53-50-47-44-41-38-34-32-29-26-23-20-17-14-11-8-5-2/h45,48,51,54,59-61,65-79,83-91H,4-44,46-47,49-50,52-53,55-58H2,1-3H3,(H,92,93)/b48-45+,54-51+. The van der Waals surface area contributed by atoms with Crippen molar-refractivity contribution in [2.24, 2.45) is 0 Å². The first kappa shape index (κ1) is 94.6. The first-order chi connectivity index (χ1) is 49.8. The fraction of sp³-hybridized carbons (Fsp3) is 0.910. The number of ether oxygens (including phenoxy) is 7. The summed E-state index contributed by atoms with van der Waals surface area (Å²) in [6, 6.07) is 0. The molecule has 25 heteroatoms. The van der Waals surface area contributed by atoms with E-state index in [1.807, 2.05) is 6.08 Å². The largest absolute Gasteiger partial charge is 0.472 e. The van der Waals surface area contributed by atoms with Crippen LogP contribution in [0.25, 0.3) is 0 Å². The van der Waals surface area contributed by atoms with Crippen LogP contribution in [0.5, 0.6) is 0 Å². The summed E-state index contributed by atoms with van der Waals surface area (Å²) in [4.78, 5) is 51.0. The summed E-state index contributed by atoms with van der Waals surface area (Å²) in [5.41, 5.74) is 0. The summed E-state index contributed by atoms with van der Waals surface area (Å²) in [5, 5.41) is 110. The molecule has 103 heavy (non-hydrogen) atoms. The summed E-state index contributed by atoms with van der Waals surface area (Å²) < 4.78 is 65.0. The Balaban J connectivity index is 1.71. The zero-order chi connectivity index (χ0) is 75.3. The van der Waals surface area contributed by atoms with Gasteiger partial charge in [-0.3, -0.25) is 18.6 Å². The lowest BCUT2D eigenvalue weighted by atomic mass is 9.84. The van der Waals surface area contributed by atoms with Crippen molar-refractivity contribution in [3.8, 4) is 0 Å². The lowest BCUT2D eigenvalue weighted by Crippen LogP contribution is -2.69. The van der Waals surface area contributed by atoms with Crippen molar-refractivity contribution < 1.29 is 117 Å². The van der Waals surface area contributed by atoms with Crippen LogP contribution in [-0.2, 0) is 61.2 Å². The van der Waals surface area contributed by atoms with E-state index in [9.17, 15) is 74.9 Å². The van der Waals surface area contributed by atoms with Gasteiger partial charge in [0.1, 0.15) is 98.7 Å². The van der Waals surface area contributed by atoms with Gasteiger partial charge < -0.3 is 89.1 Å². The van der Waals surface area contributed by atoms with Gasteiger partial charge in [-0.15, -0.1) is 0 Å². The van der Waals surface area contributed by atoms with E-state index in [0.717, 1.165) is 96.0 Å². The number of esters is 3. The number of hydrogen-bond donors (Lipinski definition) is 11. The third kappa shape index (κ3) is 41.7. The Hall–Kier alpha value is -2.56. The van der Waals surface area contributed by atoms with Gasteiger partial charge in [-0.2, -0.15) is 0 Å². The fourth-order valence-electron chi connectivity index (χ4n) is 13.5. The van der Waals surface area contributed by atoms with Crippen LogP contribution in [0.4, 0.5) is 0 Å². The van der Waals surface area contributed by atoms with Gasteiger partial charge in [-0.05, 0) is 25.7 Å². The lowest BCUT2D eigenvalue weighted by Gasteiger charge is -2.49. The molecule has 2 saturated heterocycles. The number of hydrogen-bond acceptors (Lipinski definition) is 23. The highest BCUT2D eigenvalue weighted by molar-refractivity contribution is 7.47. The number of carbonyl (C=O) groups is 3. The SMILES string of the molecule is CCCCCCCCCCCCC/C=C/C=C/C(=O)OC(COC(=O)CCCCCCCCCCCCCCCCCCC)COP(=O)(O)OC1C(OC2OC(CO)C(O)C(O)C2O)C(O)C(O)C(O)C1OC1OC(COC(=O)CCCCCCCCCCCCCCCCCC)C(O)C(O)C1O. The fourth-order valence-corrected chi connectivity index (χ4v) is 14.5. The number of aliphatic hydroxyl groups excluding tert-OH is 10. The number of aliphatic hydroxyl groups is 10. The summed E-state index contributed by atoms with van der Waals surface area (Å²) >= 11 is 0. The van der Waals surface area contributed by atoms with E-state index in [4.69, 9.17) is 42.2 Å². The minimum Gasteiger partial charge on any atom is -0.463 e. The molecular weight excluding hydrogens is 1350 g/mol. The van der Waals surface area contributed by atoms with Crippen LogP contribution >= 0.6 is 7.82 Å². The van der Waals surface area contributed by atoms with Crippen molar-refractivity contribution in [2.45, 2.75) is 427 Å². The molecule has 0 radical (unpaired) electrons. The van der Waals surface area contributed by atoms with Gasteiger partial charge in [0.25, 0.3) is 0 Å². The highest BCUT2D eigenvalue weighted by Gasteiger charge is 2.58. The molecule has 18 unspecified atom stereocenters. The predicted molar refractivity (Wildman–Crippen MR) is 393 cm³/mol. The maximum absolute atomic E-state index is 14.4. The van der Waals surface area contributed by atoms with Crippen molar-refractivity contribution in [3.05, 3.63) is 24.3 Å². The maximum atomic E-state index is 14.4. The molecule has 2 heterocycles. The van der Waals surface area contributed by atoms with E-state index in [-0.39, 0.29) is 12.8 Å². The Kier molecular flexibility index (Phi) is 54.5. The van der Waals surface area contributed by atoms with Crippen molar-refractivity contribution >= 4 is 25.7 Å². The van der Waals surface area contributed by atoms with Crippen LogP contribution < -0.4 is 0 Å². The van der Waals surface area contributed by atoms with Gasteiger partial charge in [-0.1, -0.05) is 302 Å². The molecule has 0 aromatic heterocycles. The zero-order valence-electron chi connectivity index (χ0n) is 63.4. The summed E-state index contributed by atoms with van der Waals surface area (Å²) in [7, 11) is -5.72. The van der Waals surface area contributed by atoms with Crippen molar-refractivity contribution in [2.75, 3.05) is 26.4 Å². The minimum absolute atomic E-state index is 0.0289. The van der Waals surface area contributed by atoms with Crippen LogP contribution in [0.1, 0.15) is 323 Å². The quantitative estimate of drug-likeness (QED) is 0.00673. The van der Waals surface area contributed by atoms with Crippen LogP contribution in [0, 0.1) is 0 Å². The van der Waals surface area contributed by atoms with Crippen molar-refractivity contribution in [1.29, 1.82) is 0 Å². The van der Waals surface area contributed by atoms with E-state index in [0.29, 0.717) is 12.8 Å². The van der Waals surface area contributed by atoms with Crippen LogP contribution in [0.3, 0.4) is 0 Å². The predicted octanol–water partition coefficient (Wildman–Crippen LogP) is 12.5. The molecule has 604 valence electrons. The lowest BCUT2D eigenvalue weighted by molar-refractivity contribution is -0.360. The van der Waals surface area contributed by atoms with Crippen LogP contribution in [-0.4, -0.2) is 204 Å². The highest BCUT2D eigenvalue weighted by atomic mass is 31.2. The molecule has 24 nitrogen and oxygen atoms in total. The summed E-state index contributed by atoms with van der Waals surface area (Å²) in [6.45, 7) is 3.39. The molecular formula is C78H143O24P. The Morgan fingerprint density at radius 3 is 1.13 bits per heavy atom. The third-order valence-electron chi connectivity index (χ3n) is 20.1. The molecule has 0 aromatic carbocycles. The first-order valence-corrected chi connectivity index (χ1v) is 42.2. The minimum atomic E-state index is -5.72. The summed E-state index contributed by atoms with van der Waals surface area (Å²) in [5.74, 6) is -2.23. The van der Waals surface area contributed by atoms with E-state index >= 15 is 0 Å². The number of phosphoric ester groups is 1. The number of phosphoric acid groups is 1. The van der Waals surface area contributed by atoms with E-state index < -0.39 is 156 Å². The molecule has 0 amide bonds. The van der Waals surface area contributed by atoms with E-state index in [2.05, 4.69) is 20.8 Å². The highest BCUT2D eigenvalue weighted by Crippen LogP contribution is 2.49. The molecule has 3 fully saturated rings. The van der Waals surface area contributed by atoms with Gasteiger partial charge in [0.2, 0.25) is 0 Å². The summed E-state index contributed by atoms with van der Waals surface area (Å²) in [6.07, 6.45) is 22.8. The smallest absolute Gasteiger partial charge is 0.463 e. The average molecular weight is 1500 g/mol. The van der Waals surface area contributed by atoms with E-state index in [1.165, 1.54) is 192 Å². The van der Waals surface area contributed by atoms with Crippen molar-refractivity contribution in [1.82, 2.24) is 0 Å². The first-order valence-electron chi connectivity index (χ1n) is 40.7. The van der Waals surface area contributed by atoms with Crippen molar-refractivity contribution in [3.63, 3.8) is 0 Å². The number of rotatable bonds is 64. The van der Waals surface area contributed by atoms with Gasteiger partial charge in [0.05, 0.1) is 13.2 Å². The second-order valence-electron chi connectivity index (χ2n) is 29.2. The van der Waals surface area contributed by atoms with Gasteiger partial charge in [-0.25, -0.2) is 9.36 Å². The Morgan fingerprint density at radius 1 is 0.398 bits per heavy atom. The van der Waals surface area contributed by atoms with Gasteiger partial charge in [0.15, 0.2) is 18.7 Å². The average Bonchev–Trinajstić information content (AvgIpc) is 0.761. The Bertz CT molecular complexity index is 2210. The second-order valence-corrected chi connectivity index (χ2v) is 30.6. The normalized spacial score (nSPS) is 27.0. The van der Waals surface area contributed by atoms with Gasteiger partial charge in [0, 0.05) is 18.9 Å². The molecule has 0 bridgehead atoms. The molecule has 0 aromatic rings. The van der Waals surface area contributed by atoms with E-state index in [1.54, 1.807) is 6.08 Å². The molecule has 1 aliphatic carbocycles.